The van der Waals surface area contributed by atoms with Crippen LogP contribution < -0.4 is 0 Å². The van der Waals surface area contributed by atoms with Gasteiger partial charge in [0.15, 0.2) is 6.10 Å². The van der Waals surface area contributed by atoms with Gasteiger partial charge in [-0.2, -0.15) is 0 Å². The standard InChI is InChI=1S/C25H45O8P/c1-3-5-7-8-9-10-11-12-13-14-15-16-17-18-20-25(27)33-23(22-32-34(28,29)30)21-31-24(26)19-6-4-2/h8-9,11-12,23H,3-7,10,13-22H2,1-2H3,(H2,28,29,30)/b9-8-,12-11-. The minimum Gasteiger partial charge on any atom is -0.462 e. The SMILES string of the molecule is CCCC/C=C\C/C=C\CCCCCCCC(=O)OC(COC(=O)CCCC)COP(=O)(O)O. The average molecular weight is 505 g/mol. The molecule has 0 fully saturated rings. The molecular weight excluding hydrogens is 459 g/mol. The summed E-state index contributed by atoms with van der Waals surface area (Å²) in [7, 11) is -4.72. The van der Waals surface area contributed by atoms with Gasteiger partial charge in [0.1, 0.15) is 6.61 Å². The second-order valence-electron chi connectivity index (χ2n) is 8.31. The van der Waals surface area contributed by atoms with E-state index in [1.807, 2.05) is 6.92 Å². The summed E-state index contributed by atoms with van der Waals surface area (Å²) in [6.07, 6.45) is 20.2. The van der Waals surface area contributed by atoms with Crippen molar-refractivity contribution in [3.8, 4) is 0 Å². The molecule has 0 amide bonds. The van der Waals surface area contributed by atoms with Crippen molar-refractivity contribution in [2.45, 2.75) is 110 Å². The Morgan fingerprint density at radius 2 is 1.35 bits per heavy atom. The average Bonchev–Trinajstić information content (AvgIpc) is 2.79. The molecule has 0 bridgehead atoms. The highest BCUT2D eigenvalue weighted by atomic mass is 31.2. The quantitative estimate of drug-likeness (QED) is 0.0778. The first-order valence-electron chi connectivity index (χ1n) is 12.6. The molecule has 0 saturated heterocycles. The van der Waals surface area contributed by atoms with Gasteiger partial charge in [0.25, 0.3) is 0 Å². The zero-order valence-electron chi connectivity index (χ0n) is 21.0. The van der Waals surface area contributed by atoms with E-state index in [1.165, 1.54) is 12.8 Å². The van der Waals surface area contributed by atoms with Crippen molar-refractivity contribution in [2.24, 2.45) is 0 Å². The number of carbonyl (C=O) groups is 2. The molecule has 0 aromatic heterocycles. The van der Waals surface area contributed by atoms with Crippen molar-refractivity contribution in [3.63, 3.8) is 0 Å². The number of phosphoric acid groups is 1. The third-order valence-electron chi connectivity index (χ3n) is 4.97. The molecule has 0 aromatic carbocycles. The Labute approximate surface area is 205 Å². The molecule has 2 N–H and O–H groups in total. The summed E-state index contributed by atoms with van der Waals surface area (Å²) in [5.74, 6) is -0.948. The number of hydrogen-bond acceptors (Lipinski definition) is 6. The highest BCUT2D eigenvalue weighted by molar-refractivity contribution is 7.46. The third-order valence-corrected chi connectivity index (χ3v) is 5.46. The topological polar surface area (TPSA) is 119 Å². The van der Waals surface area contributed by atoms with Crippen LogP contribution in [0.3, 0.4) is 0 Å². The van der Waals surface area contributed by atoms with Crippen LogP contribution in [0.1, 0.15) is 104 Å². The van der Waals surface area contributed by atoms with Gasteiger partial charge in [0.05, 0.1) is 6.61 Å². The summed E-state index contributed by atoms with van der Waals surface area (Å²) in [5, 5.41) is 0. The van der Waals surface area contributed by atoms with E-state index in [0.29, 0.717) is 12.8 Å². The molecule has 0 radical (unpaired) electrons. The Morgan fingerprint density at radius 1 is 0.765 bits per heavy atom. The molecule has 0 aliphatic carbocycles. The highest BCUT2D eigenvalue weighted by Crippen LogP contribution is 2.35. The van der Waals surface area contributed by atoms with Gasteiger partial charge in [-0.25, -0.2) is 4.57 Å². The molecule has 0 aliphatic rings. The van der Waals surface area contributed by atoms with E-state index in [4.69, 9.17) is 19.3 Å². The normalized spacial score (nSPS) is 12.9. The van der Waals surface area contributed by atoms with Crippen LogP contribution in [0.2, 0.25) is 0 Å². The Hall–Kier alpha value is -1.47. The van der Waals surface area contributed by atoms with Crippen molar-refractivity contribution in [3.05, 3.63) is 24.3 Å². The van der Waals surface area contributed by atoms with Crippen LogP contribution in [0.25, 0.3) is 0 Å². The van der Waals surface area contributed by atoms with Crippen LogP contribution in [0, 0.1) is 0 Å². The lowest BCUT2D eigenvalue weighted by Gasteiger charge is -2.18. The molecule has 34 heavy (non-hydrogen) atoms. The molecular formula is C25H45O8P. The largest absolute Gasteiger partial charge is 0.469 e. The number of ether oxygens (including phenoxy) is 2. The third kappa shape index (κ3) is 23.7. The molecule has 8 nitrogen and oxygen atoms in total. The zero-order valence-corrected chi connectivity index (χ0v) is 21.9. The van der Waals surface area contributed by atoms with Gasteiger partial charge in [0, 0.05) is 12.8 Å². The predicted molar refractivity (Wildman–Crippen MR) is 133 cm³/mol. The van der Waals surface area contributed by atoms with Gasteiger partial charge in [-0.1, -0.05) is 76.7 Å². The molecule has 1 atom stereocenters. The first-order chi connectivity index (χ1) is 16.3. The van der Waals surface area contributed by atoms with Gasteiger partial charge in [-0.15, -0.1) is 0 Å². The Bertz CT molecular complexity index is 626. The highest BCUT2D eigenvalue weighted by Gasteiger charge is 2.22. The monoisotopic (exact) mass is 504 g/mol. The van der Waals surface area contributed by atoms with Gasteiger partial charge in [-0.05, 0) is 38.5 Å². The van der Waals surface area contributed by atoms with Gasteiger partial charge >= 0.3 is 19.8 Å². The first kappa shape index (κ1) is 32.5. The van der Waals surface area contributed by atoms with E-state index in [-0.39, 0.29) is 19.4 Å². The van der Waals surface area contributed by atoms with E-state index in [0.717, 1.165) is 51.4 Å². The van der Waals surface area contributed by atoms with Crippen molar-refractivity contribution < 1.29 is 37.9 Å². The van der Waals surface area contributed by atoms with Gasteiger partial charge in [-0.3, -0.25) is 14.1 Å². The lowest BCUT2D eigenvalue weighted by Crippen LogP contribution is -2.29. The number of allylic oxidation sites excluding steroid dienone is 4. The molecule has 9 heteroatoms. The summed E-state index contributed by atoms with van der Waals surface area (Å²) in [6, 6.07) is 0. The van der Waals surface area contributed by atoms with Crippen LogP contribution in [0.5, 0.6) is 0 Å². The molecule has 0 aromatic rings. The van der Waals surface area contributed by atoms with Crippen molar-refractivity contribution in [1.82, 2.24) is 0 Å². The summed E-state index contributed by atoms with van der Waals surface area (Å²) >= 11 is 0. The minimum atomic E-state index is -4.72. The zero-order chi connectivity index (χ0) is 25.5. The summed E-state index contributed by atoms with van der Waals surface area (Å²) < 4.78 is 25.6. The van der Waals surface area contributed by atoms with E-state index >= 15 is 0 Å². The lowest BCUT2D eigenvalue weighted by molar-refractivity contribution is -0.161. The Balaban J connectivity index is 4.00. The molecule has 0 heterocycles. The lowest BCUT2D eigenvalue weighted by atomic mass is 10.1. The van der Waals surface area contributed by atoms with Crippen LogP contribution in [-0.4, -0.2) is 41.0 Å². The maximum absolute atomic E-state index is 12.1. The maximum atomic E-state index is 12.1. The van der Waals surface area contributed by atoms with Crippen LogP contribution >= 0.6 is 7.82 Å². The van der Waals surface area contributed by atoms with Crippen molar-refractivity contribution >= 4 is 19.8 Å². The van der Waals surface area contributed by atoms with Gasteiger partial charge < -0.3 is 19.3 Å². The smallest absolute Gasteiger partial charge is 0.462 e. The van der Waals surface area contributed by atoms with E-state index in [2.05, 4.69) is 35.8 Å². The molecule has 1 unspecified atom stereocenters. The minimum absolute atomic E-state index is 0.195. The predicted octanol–water partition coefficient (Wildman–Crippen LogP) is 6.16. The van der Waals surface area contributed by atoms with E-state index in [9.17, 15) is 14.2 Å². The summed E-state index contributed by atoms with van der Waals surface area (Å²) in [6.45, 7) is 3.30. The Morgan fingerprint density at radius 3 is 2.00 bits per heavy atom. The molecule has 0 spiro atoms. The van der Waals surface area contributed by atoms with Crippen molar-refractivity contribution in [1.29, 1.82) is 0 Å². The van der Waals surface area contributed by atoms with Gasteiger partial charge in [0.2, 0.25) is 0 Å². The number of carbonyl (C=O) groups excluding carboxylic acids is 2. The second-order valence-corrected chi connectivity index (χ2v) is 9.55. The number of phosphoric ester groups is 1. The molecule has 0 saturated carbocycles. The number of hydrogen-bond donors (Lipinski definition) is 2. The number of rotatable bonds is 22. The van der Waals surface area contributed by atoms with Crippen LogP contribution in [0.4, 0.5) is 0 Å². The number of esters is 2. The fourth-order valence-electron chi connectivity index (χ4n) is 3.01. The Kier molecular flexibility index (Phi) is 21.1. The van der Waals surface area contributed by atoms with E-state index < -0.39 is 32.5 Å². The van der Waals surface area contributed by atoms with E-state index in [1.54, 1.807) is 0 Å². The van der Waals surface area contributed by atoms with Crippen LogP contribution in [0.15, 0.2) is 24.3 Å². The fraction of sp³-hybridized carbons (Fsp3) is 0.760. The maximum Gasteiger partial charge on any atom is 0.469 e. The van der Waals surface area contributed by atoms with Crippen LogP contribution in [-0.2, 0) is 28.2 Å². The summed E-state index contributed by atoms with van der Waals surface area (Å²) in [4.78, 5) is 41.5. The van der Waals surface area contributed by atoms with Crippen molar-refractivity contribution in [2.75, 3.05) is 13.2 Å². The first-order valence-corrected chi connectivity index (χ1v) is 14.2. The fourth-order valence-corrected chi connectivity index (χ4v) is 3.37. The summed E-state index contributed by atoms with van der Waals surface area (Å²) in [5.41, 5.74) is 0. The second kappa shape index (κ2) is 22.0. The molecule has 198 valence electrons. The number of unbranched alkanes of at least 4 members (excludes halogenated alkanes) is 8. The molecule has 0 rings (SSSR count). The molecule has 0 aliphatic heterocycles.